The number of hydrogen-bond donors (Lipinski definition) is 2. The molecular weight excluding hydrogens is 384 g/mol. The number of rotatable bonds is 10. The Kier molecular flexibility index (Phi) is 9.44. The molecule has 0 heterocycles. The van der Waals surface area contributed by atoms with Crippen molar-refractivity contribution in [3.05, 3.63) is 65.2 Å². The van der Waals surface area contributed by atoms with Gasteiger partial charge in [0.15, 0.2) is 0 Å². The fourth-order valence-corrected chi connectivity index (χ4v) is 3.75. The van der Waals surface area contributed by atoms with Gasteiger partial charge in [-0.05, 0) is 42.8 Å². The highest BCUT2D eigenvalue weighted by atomic mass is 32.2. The lowest BCUT2D eigenvalue weighted by atomic mass is 10.1. The lowest BCUT2D eigenvalue weighted by Gasteiger charge is -2.10. The summed E-state index contributed by atoms with van der Waals surface area (Å²) in [6.45, 7) is 4.55. The SMILES string of the molecule is CCCCCCNC(=O)CNC(=O)c1ccccc1SC(=O)c1ccccc1C. The minimum absolute atomic E-state index is 0.0860. The number of unbranched alkanes of at least 4 members (excludes halogenated alkanes) is 3. The van der Waals surface area contributed by atoms with Gasteiger partial charge in [0, 0.05) is 17.0 Å². The second kappa shape index (κ2) is 12.1. The maximum Gasteiger partial charge on any atom is 0.252 e. The van der Waals surface area contributed by atoms with Crippen LogP contribution in [0.1, 0.15) is 58.9 Å². The zero-order valence-corrected chi connectivity index (χ0v) is 17.8. The predicted octanol–water partition coefficient (Wildman–Crippen LogP) is 4.35. The zero-order chi connectivity index (χ0) is 21.1. The Morgan fingerprint density at radius 3 is 2.28 bits per heavy atom. The van der Waals surface area contributed by atoms with Crippen molar-refractivity contribution in [2.24, 2.45) is 0 Å². The second-order valence-electron chi connectivity index (χ2n) is 6.79. The smallest absolute Gasteiger partial charge is 0.252 e. The van der Waals surface area contributed by atoms with E-state index in [1.807, 2.05) is 25.1 Å². The van der Waals surface area contributed by atoms with Gasteiger partial charge in [-0.1, -0.05) is 62.6 Å². The van der Waals surface area contributed by atoms with Crippen LogP contribution >= 0.6 is 11.8 Å². The Morgan fingerprint density at radius 2 is 1.55 bits per heavy atom. The van der Waals surface area contributed by atoms with Crippen LogP contribution in [0.15, 0.2) is 53.4 Å². The summed E-state index contributed by atoms with van der Waals surface area (Å²) in [6.07, 6.45) is 4.33. The van der Waals surface area contributed by atoms with Crippen LogP contribution in [-0.2, 0) is 4.79 Å². The first-order valence-electron chi connectivity index (χ1n) is 9.94. The standard InChI is InChI=1S/C23H28N2O3S/c1-3-4-5-10-15-24-21(26)16-25-22(27)19-13-8-9-14-20(19)29-23(28)18-12-7-6-11-17(18)2/h6-9,11-14H,3-5,10,15-16H2,1-2H3,(H,24,26)(H,25,27). The summed E-state index contributed by atoms with van der Waals surface area (Å²) >= 11 is 1.02. The third-order valence-electron chi connectivity index (χ3n) is 4.46. The Balaban J connectivity index is 1.92. The van der Waals surface area contributed by atoms with Crippen molar-refractivity contribution in [2.45, 2.75) is 44.4 Å². The lowest BCUT2D eigenvalue weighted by molar-refractivity contribution is -0.120. The van der Waals surface area contributed by atoms with E-state index in [1.54, 1.807) is 30.3 Å². The van der Waals surface area contributed by atoms with Crippen molar-refractivity contribution in [3.63, 3.8) is 0 Å². The highest BCUT2D eigenvalue weighted by Crippen LogP contribution is 2.27. The predicted molar refractivity (Wildman–Crippen MR) is 117 cm³/mol. The minimum Gasteiger partial charge on any atom is -0.355 e. The number of aryl methyl sites for hydroxylation is 1. The van der Waals surface area contributed by atoms with Gasteiger partial charge >= 0.3 is 0 Å². The zero-order valence-electron chi connectivity index (χ0n) is 17.0. The van der Waals surface area contributed by atoms with Crippen LogP contribution < -0.4 is 10.6 Å². The molecule has 0 spiro atoms. The molecule has 0 aliphatic heterocycles. The van der Waals surface area contributed by atoms with Crippen LogP contribution in [0.5, 0.6) is 0 Å². The summed E-state index contributed by atoms with van der Waals surface area (Å²) in [6, 6.07) is 14.3. The van der Waals surface area contributed by atoms with Crippen LogP contribution in [0.4, 0.5) is 0 Å². The van der Waals surface area contributed by atoms with E-state index >= 15 is 0 Å². The van der Waals surface area contributed by atoms with E-state index in [9.17, 15) is 14.4 Å². The molecule has 0 radical (unpaired) electrons. The topological polar surface area (TPSA) is 75.3 Å². The molecule has 2 rings (SSSR count). The molecule has 0 aliphatic carbocycles. The van der Waals surface area contributed by atoms with Crippen LogP contribution in [0.3, 0.4) is 0 Å². The van der Waals surface area contributed by atoms with Gasteiger partial charge < -0.3 is 10.6 Å². The molecule has 154 valence electrons. The van der Waals surface area contributed by atoms with Crippen LogP contribution in [-0.4, -0.2) is 30.0 Å². The summed E-state index contributed by atoms with van der Waals surface area (Å²) in [4.78, 5) is 37.7. The van der Waals surface area contributed by atoms with E-state index in [-0.39, 0.29) is 23.5 Å². The summed E-state index contributed by atoms with van der Waals surface area (Å²) in [5.74, 6) is -0.581. The van der Waals surface area contributed by atoms with E-state index in [0.29, 0.717) is 22.6 Å². The average molecular weight is 413 g/mol. The van der Waals surface area contributed by atoms with Crippen molar-refractivity contribution < 1.29 is 14.4 Å². The van der Waals surface area contributed by atoms with Gasteiger partial charge in [0.2, 0.25) is 11.0 Å². The molecule has 5 nitrogen and oxygen atoms in total. The van der Waals surface area contributed by atoms with Crippen LogP contribution in [0, 0.1) is 6.92 Å². The fraction of sp³-hybridized carbons (Fsp3) is 0.348. The number of nitrogens with one attached hydrogen (secondary N) is 2. The van der Waals surface area contributed by atoms with Crippen molar-refractivity contribution in [1.29, 1.82) is 0 Å². The third-order valence-corrected chi connectivity index (χ3v) is 5.44. The van der Waals surface area contributed by atoms with E-state index in [2.05, 4.69) is 17.6 Å². The molecule has 29 heavy (non-hydrogen) atoms. The first-order chi connectivity index (χ1) is 14.0. The number of thioether (sulfide) groups is 1. The van der Waals surface area contributed by atoms with E-state index in [0.717, 1.165) is 43.0 Å². The third kappa shape index (κ3) is 7.38. The van der Waals surface area contributed by atoms with Crippen LogP contribution in [0.25, 0.3) is 0 Å². The van der Waals surface area contributed by atoms with E-state index in [4.69, 9.17) is 0 Å². The highest BCUT2D eigenvalue weighted by molar-refractivity contribution is 8.14. The number of carbonyl (C=O) groups is 3. The van der Waals surface area contributed by atoms with Gasteiger partial charge in [-0.3, -0.25) is 14.4 Å². The molecule has 6 heteroatoms. The summed E-state index contributed by atoms with van der Waals surface area (Å²) in [7, 11) is 0. The Bertz CT molecular complexity index is 852. The first kappa shape index (κ1) is 22.7. The number of amides is 2. The van der Waals surface area contributed by atoms with Gasteiger partial charge in [-0.2, -0.15) is 0 Å². The van der Waals surface area contributed by atoms with E-state index < -0.39 is 0 Å². The van der Waals surface area contributed by atoms with Gasteiger partial charge in [-0.25, -0.2) is 0 Å². The number of benzene rings is 2. The molecule has 2 N–H and O–H groups in total. The Labute approximate surface area is 176 Å². The van der Waals surface area contributed by atoms with Crippen molar-refractivity contribution in [3.8, 4) is 0 Å². The first-order valence-corrected chi connectivity index (χ1v) is 10.8. The van der Waals surface area contributed by atoms with Gasteiger partial charge in [0.25, 0.3) is 5.91 Å². The van der Waals surface area contributed by atoms with Crippen molar-refractivity contribution >= 4 is 28.7 Å². The van der Waals surface area contributed by atoms with Gasteiger partial charge in [0.1, 0.15) is 0 Å². The fourth-order valence-electron chi connectivity index (χ4n) is 2.80. The summed E-state index contributed by atoms with van der Waals surface area (Å²) < 4.78 is 0. The molecule has 2 aromatic rings. The Morgan fingerprint density at radius 1 is 0.862 bits per heavy atom. The number of carbonyl (C=O) groups excluding carboxylic acids is 3. The van der Waals surface area contributed by atoms with E-state index in [1.165, 1.54) is 0 Å². The molecule has 0 saturated carbocycles. The molecule has 0 saturated heterocycles. The van der Waals surface area contributed by atoms with Crippen LogP contribution in [0.2, 0.25) is 0 Å². The molecule has 0 fully saturated rings. The van der Waals surface area contributed by atoms with Crippen molar-refractivity contribution in [2.75, 3.05) is 13.1 Å². The molecule has 2 aromatic carbocycles. The molecule has 0 unspecified atom stereocenters. The quantitative estimate of drug-likeness (QED) is 0.449. The van der Waals surface area contributed by atoms with Gasteiger partial charge in [0.05, 0.1) is 12.1 Å². The maximum atomic E-state index is 12.6. The normalized spacial score (nSPS) is 10.4. The molecule has 0 aliphatic rings. The number of hydrogen-bond acceptors (Lipinski definition) is 4. The monoisotopic (exact) mass is 412 g/mol. The minimum atomic E-state index is -0.369. The maximum absolute atomic E-state index is 12.6. The Hall–Kier alpha value is -2.60. The van der Waals surface area contributed by atoms with Crippen molar-refractivity contribution in [1.82, 2.24) is 10.6 Å². The molecule has 0 bridgehead atoms. The summed E-state index contributed by atoms with van der Waals surface area (Å²) in [5, 5.41) is 5.33. The summed E-state index contributed by atoms with van der Waals surface area (Å²) in [5.41, 5.74) is 1.90. The molecular formula is C23H28N2O3S. The average Bonchev–Trinajstić information content (AvgIpc) is 2.72. The lowest BCUT2D eigenvalue weighted by Crippen LogP contribution is -2.37. The highest BCUT2D eigenvalue weighted by Gasteiger charge is 2.17. The second-order valence-corrected chi connectivity index (χ2v) is 7.81. The largest absolute Gasteiger partial charge is 0.355 e. The molecule has 2 amide bonds. The van der Waals surface area contributed by atoms with Gasteiger partial charge in [-0.15, -0.1) is 0 Å². The molecule has 0 atom stereocenters. The molecule has 0 aromatic heterocycles.